The predicted octanol–water partition coefficient (Wildman–Crippen LogP) is 8.33. The van der Waals surface area contributed by atoms with Crippen molar-refractivity contribution in [1.29, 1.82) is 0 Å². The van der Waals surface area contributed by atoms with Gasteiger partial charge in [-0.25, -0.2) is 4.79 Å². The molecule has 0 saturated heterocycles. The molecule has 298 valence electrons. The molecular formula is C43H51N3O9S. The molecule has 1 fully saturated rings. The minimum atomic E-state index is -1.18. The highest BCUT2D eigenvalue weighted by atomic mass is 32.2. The van der Waals surface area contributed by atoms with Crippen LogP contribution in [-0.4, -0.2) is 64.3 Å². The Morgan fingerprint density at radius 2 is 1.82 bits per heavy atom. The van der Waals surface area contributed by atoms with E-state index in [1.807, 2.05) is 37.3 Å². The molecule has 3 N–H and O–H groups in total. The fourth-order valence-corrected chi connectivity index (χ4v) is 9.65. The van der Waals surface area contributed by atoms with Crippen LogP contribution in [0.2, 0.25) is 0 Å². The van der Waals surface area contributed by atoms with Crippen molar-refractivity contribution in [3.63, 3.8) is 0 Å². The highest BCUT2D eigenvalue weighted by Gasteiger charge is 2.64. The number of aliphatic hydroxyl groups excluding tert-OH is 2. The minimum absolute atomic E-state index is 0.000280. The summed E-state index contributed by atoms with van der Waals surface area (Å²) in [5.74, 6) is -0.543. The zero-order valence-corrected chi connectivity index (χ0v) is 32.5. The first-order chi connectivity index (χ1) is 27.3. The highest BCUT2D eigenvalue weighted by Crippen LogP contribution is 2.63. The Bertz CT molecular complexity index is 1870. The quantitative estimate of drug-likeness (QED) is 0.0466. The van der Waals surface area contributed by atoms with Crippen LogP contribution < -0.4 is 14.8 Å². The topological polar surface area (TPSA) is 162 Å². The number of carbonyl (C=O) groups excluding carboxylic acids is 1. The predicted molar refractivity (Wildman–Crippen MR) is 215 cm³/mol. The van der Waals surface area contributed by atoms with Crippen LogP contribution in [0.25, 0.3) is 0 Å². The second-order valence-electron chi connectivity index (χ2n) is 14.3. The summed E-state index contributed by atoms with van der Waals surface area (Å²) in [6.07, 6.45) is 8.52. The monoisotopic (exact) mass is 785 g/mol. The molecule has 1 aliphatic heterocycles. The number of aliphatic hydroxyl groups is 2. The van der Waals surface area contributed by atoms with Gasteiger partial charge in [0, 0.05) is 54.7 Å². The van der Waals surface area contributed by atoms with E-state index in [1.165, 1.54) is 12.1 Å². The Balaban J connectivity index is 1.52. The number of fused-ring (bicyclic) bond motifs is 2. The first-order valence-corrected chi connectivity index (χ1v) is 20.3. The summed E-state index contributed by atoms with van der Waals surface area (Å²) in [5, 5.41) is 38.1. The number of carbonyl (C=O) groups is 1. The van der Waals surface area contributed by atoms with E-state index < -0.39 is 16.8 Å². The number of ether oxygens (including phenoxy) is 3. The van der Waals surface area contributed by atoms with Crippen LogP contribution in [0.4, 0.5) is 10.5 Å². The van der Waals surface area contributed by atoms with E-state index >= 15 is 0 Å². The second-order valence-corrected chi connectivity index (χ2v) is 15.6. The molecule has 0 radical (unpaired) electrons. The molecule has 0 unspecified atom stereocenters. The normalized spacial score (nSPS) is 24.2. The first kappa shape index (κ1) is 41.0. The maximum Gasteiger partial charge on any atom is 0.412 e. The molecule has 3 aromatic rings. The number of amides is 1. The number of nitro groups is 1. The van der Waals surface area contributed by atoms with E-state index in [-0.39, 0.29) is 61.0 Å². The Morgan fingerprint density at radius 3 is 2.52 bits per heavy atom. The van der Waals surface area contributed by atoms with Gasteiger partial charge in [-0.3, -0.25) is 10.1 Å². The fraction of sp³-hybridized carbons (Fsp3) is 0.442. The number of allylic oxidation sites excluding steroid dienone is 1. The number of thioether (sulfide) groups is 1. The Hall–Kier alpha value is -4.69. The average molecular weight is 786 g/mol. The first-order valence-electron chi connectivity index (χ1n) is 19.4. The third-order valence-electron chi connectivity index (χ3n) is 10.7. The summed E-state index contributed by atoms with van der Waals surface area (Å²) in [5.41, 5.74) is 3.36. The van der Waals surface area contributed by atoms with Crippen LogP contribution >= 0.6 is 11.8 Å². The van der Waals surface area contributed by atoms with Gasteiger partial charge in [-0.15, -0.1) is 18.3 Å². The van der Waals surface area contributed by atoms with Crippen molar-refractivity contribution in [1.82, 2.24) is 5.32 Å². The molecule has 13 heteroatoms. The summed E-state index contributed by atoms with van der Waals surface area (Å²) < 4.78 is 19.9. The lowest BCUT2D eigenvalue weighted by Crippen LogP contribution is -2.64. The van der Waals surface area contributed by atoms with Crippen molar-refractivity contribution in [3.8, 4) is 11.5 Å². The molecule has 6 rings (SSSR count). The molecule has 3 aromatic carbocycles. The third-order valence-corrected chi connectivity index (χ3v) is 12.1. The number of nitrogens with zero attached hydrogens (tertiary/aromatic N) is 2. The SMILES string of the molecule is C=CCO[C@@]12Oc3ccc(OC(=O)NCC)cc3[C@H]3[C@H](CCCCO)[C@@H](CCCCO)C=C(C(=NOCc4ccc([N+](=O)[O-])cc4)C[C@@H]1Sc1ccccc1)[C@H]32. The van der Waals surface area contributed by atoms with Gasteiger partial charge in [0.1, 0.15) is 18.1 Å². The number of benzene rings is 3. The Morgan fingerprint density at radius 1 is 1.07 bits per heavy atom. The molecule has 1 saturated carbocycles. The smallest absolute Gasteiger partial charge is 0.412 e. The number of nitrogens with one attached hydrogen (secondary N) is 1. The molecule has 3 aliphatic rings. The van der Waals surface area contributed by atoms with Crippen molar-refractivity contribution >= 4 is 29.3 Å². The molecule has 56 heavy (non-hydrogen) atoms. The van der Waals surface area contributed by atoms with Gasteiger partial charge in [-0.05, 0) is 98.0 Å². The van der Waals surface area contributed by atoms with Gasteiger partial charge < -0.3 is 34.6 Å². The fourth-order valence-electron chi connectivity index (χ4n) is 8.34. The maximum atomic E-state index is 12.6. The number of hydrogen-bond acceptors (Lipinski definition) is 11. The van der Waals surface area contributed by atoms with E-state index in [9.17, 15) is 25.1 Å². The van der Waals surface area contributed by atoms with E-state index in [4.69, 9.17) is 24.2 Å². The minimum Gasteiger partial charge on any atom is -0.460 e. The summed E-state index contributed by atoms with van der Waals surface area (Å²) in [4.78, 5) is 30.6. The zero-order chi connectivity index (χ0) is 39.5. The van der Waals surface area contributed by atoms with Crippen molar-refractivity contribution in [2.24, 2.45) is 22.9 Å². The van der Waals surface area contributed by atoms with Gasteiger partial charge in [-0.2, -0.15) is 0 Å². The van der Waals surface area contributed by atoms with Crippen molar-refractivity contribution < 1.29 is 39.0 Å². The van der Waals surface area contributed by atoms with Gasteiger partial charge >= 0.3 is 6.09 Å². The molecular weight excluding hydrogens is 735 g/mol. The van der Waals surface area contributed by atoms with Crippen LogP contribution in [0.15, 0.2) is 107 Å². The lowest BCUT2D eigenvalue weighted by Gasteiger charge is -2.58. The number of rotatable bonds is 19. The zero-order valence-electron chi connectivity index (χ0n) is 31.7. The number of nitro benzene ring substituents is 1. The average Bonchev–Trinajstić information content (AvgIpc) is 3.20. The van der Waals surface area contributed by atoms with Crippen LogP contribution in [-0.2, 0) is 16.2 Å². The van der Waals surface area contributed by atoms with Crippen LogP contribution in [0, 0.1) is 27.9 Å². The van der Waals surface area contributed by atoms with Crippen molar-refractivity contribution in [2.45, 2.75) is 80.3 Å². The van der Waals surface area contributed by atoms with E-state index in [0.717, 1.165) is 53.0 Å². The van der Waals surface area contributed by atoms with Gasteiger partial charge in [-0.1, -0.05) is 48.3 Å². The number of oxime groups is 1. The highest BCUT2D eigenvalue weighted by molar-refractivity contribution is 8.00. The van der Waals surface area contributed by atoms with Crippen molar-refractivity contribution in [3.05, 3.63) is 118 Å². The number of unbranched alkanes of at least 4 members (excludes halogenated alkanes) is 2. The lowest BCUT2D eigenvalue weighted by molar-refractivity contribution is -0.384. The lowest BCUT2D eigenvalue weighted by atomic mass is 9.56. The standard InChI is InChI=1S/C43H51N3O9S/c1-3-24-52-43-39(56-33-13-6-5-7-14-33)27-37(45-53-28-29-16-18-31(19-17-29)46(50)51)35-25-30(12-8-10-22-47)34(15-9-11-23-48)40(41(35)43)36-26-32(20-21-38(36)55-43)54-42(49)44-4-2/h3,5-7,13-14,16-21,25-26,30,34,39-41,47-48H,1,4,8-12,15,22-24,27-28H2,2H3,(H,44,49)/t30-,34+,39-,40+,41+,43+/m0/s1. The van der Waals surface area contributed by atoms with Gasteiger partial charge in [0.05, 0.1) is 28.4 Å². The Labute approximate surface area is 332 Å². The van der Waals surface area contributed by atoms with Gasteiger partial charge in [0.2, 0.25) is 5.79 Å². The maximum absolute atomic E-state index is 12.6. The van der Waals surface area contributed by atoms with E-state index in [0.29, 0.717) is 37.3 Å². The summed E-state index contributed by atoms with van der Waals surface area (Å²) >= 11 is 1.66. The molecule has 2 aliphatic carbocycles. The van der Waals surface area contributed by atoms with Gasteiger partial charge in [0.25, 0.3) is 5.69 Å². The molecule has 0 spiro atoms. The van der Waals surface area contributed by atoms with Gasteiger partial charge in [0.15, 0.2) is 0 Å². The number of non-ortho nitro benzene ring substituents is 1. The van der Waals surface area contributed by atoms with Crippen LogP contribution in [0.5, 0.6) is 11.5 Å². The third kappa shape index (κ3) is 9.29. The van der Waals surface area contributed by atoms with Crippen LogP contribution in [0.3, 0.4) is 0 Å². The summed E-state index contributed by atoms with van der Waals surface area (Å²) in [7, 11) is 0. The molecule has 0 aromatic heterocycles. The molecule has 6 atom stereocenters. The molecule has 0 bridgehead atoms. The summed E-state index contributed by atoms with van der Waals surface area (Å²) in [6.45, 7) is 6.78. The molecule has 1 amide bonds. The van der Waals surface area contributed by atoms with Crippen molar-refractivity contribution in [2.75, 3.05) is 26.4 Å². The summed E-state index contributed by atoms with van der Waals surface area (Å²) in [6, 6.07) is 21.9. The van der Waals surface area contributed by atoms with Crippen LogP contribution in [0.1, 0.15) is 68.9 Å². The molecule has 12 nitrogen and oxygen atoms in total. The number of hydrogen-bond donors (Lipinski definition) is 3. The Kier molecular flexibility index (Phi) is 14.2. The van der Waals surface area contributed by atoms with E-state index in [2.05, 4.69) is 30.1 Å². The largest absolute Gasteiger partial charge is 0.460 e. The molecule has 1 heterocycles. The second kappa shape index (κ2) is 19.4. The van der Waals surface area contributed by atoms with E-state index in [1.54, 1.807) is 36.0 Å².